The minimum atomic E-state index is -0.493. The summed E-state index contributed by atoms with van der Waals surface area (Å²) in [6, 6.07) is 5.41. The van der Waals surface area contributed by atoms with Crippen LogP contribution in [0.5, 0.6) is 0 Å². The number of carbonyl (C=O) groups is 2. The van der Waals surface area contributed by atoms with E-state index in [1.54, 1.807) is 12.1 Å². The number of esters is 2. The lowest BCUT2D eigenvalue weighted by molar-refractivity contribution is -0.149. The molecule has 0 atom stereocenters. The van der Waals surface area contributed by atoms with Crippen molar-refractivity contribution in [1.82, 2.24) is 0 Å². The molecule has 0 aromatic heterocycles. The van der Waals surface area contributed by atoms with Crippen molar-refractivity contribution in [2.75, 3.05) is 6.79 Å². The predicted molar refractivity (Wildman–Crippen MR) is 58.0 cm³/mol. The zero-order valence-electron chi connectivity index (χ0n) is 9.57. The summed E-state index contributed by atoms with van der Waals surface area (Å²) in [6.07, 6.45) is 0. The van der Waals surface area contributed by atoms with Gasteiger partial charge < -0.3 is 9.47 Å². The Morgan fingerprint density at radius 2 is 1.62 bits per heavy atom. The Labute approximate surface area is 94.2 Å². The molecule has 0 saturated heterocycles. The maximum Gasteiger partial charge on any atom is 0.341 e. The Hall–Kier alpha value is -1.84. The average molecular weight is 222 g/mol. The van der Waals surface area contributed by atoms with Gasteiger partial charge in [-0.1, -0.05) is 17.2 Å². The number of hydrogen-bond donors (Lipinski definition) is 0. The lowest BCUT2D eigenvalue weighted by Gasteiger charge is -2.06. The van der Waals surface area contributed by atoms with Gasteiger partial charge in [0, 0.05) is 6.92 Å². The molecule has 16 heavy (non-hydrogen) atoms. The van der Waals surface area contributed by atoms with Crippen LogP contribution >= 0.6 is 0 Å². The van der Waals surface area contributed by atoms with Crippen molar-refractivity contribution in [3.8, 4) is 0 Å². The van der Waals surface area contributed by atoms with Crippen molar-refractivity contribution >= 4 is 11.9 Å². The fraction of sp³-hybridized carbons (Fsp3) is 0.333. The molecule has 0 aliphatic rings. The maximum atomic E-state index is 11.5. The van der Waals surface area contributed by atoms with Crippen LogP contribution in [-0.4, -0.2) is 18.7 Å². The van der Waals surface area contributed by atoms with Crippen LogP contribution in [0.15, 0.2) is 18.2 Å². The molecule has 0 bridgehead atoms. The standard InChI is InChI=1S/C12H14O4/c1-8-4-9(2)6-11(5-8)12(14)16-7-15-10(3)13/h4-6H,7H2,1-3H3. The van der Waals surface area contributed by atoms with Crippen LogP contribution in [0, 0.1) is 13.8 Å². The van der Waals surface area contributed by atoms with Crippen LogP contribution < -0.4 is 0 Å². The Kier molecular flexibility index (Phi) is 4.05. The van der Waals surface area contributed by atoms with E-state index in [0.717, 1.165) is 11.1 Å². The quantitative estimate of drug-likeness (QED) is 0.579. The van der Waals surface area contributed by atoms with Gasteiger partial charge >= 0.3 is 11.9 Å². The Bertz CT molecular complexity index is 389. The summed E-state index contributed by atoms with van der Waals surface area (Å²) in [5.74, 6) is -0.971. The van der Waals surface area contributed by atoms with Crippen molar-refractivity contribution in [1.29, 1.82) is 0 Å². The summed E-state index contributed by atoms with van der Waals surface area (Å²) >= 11 is 0. The highest BCUT2D eigenvalue weighted by Crippen LogP contribution is 2.09. The summed E-state index contributed by atoms with van der Waals surface area (Å²) in [5, 5.41) is 0. The fourth-order valence-electron chi connectivity index (χ4n) is 1.34. The molecular formula is C12H14O4. The molecule has 0 amide bonds. The summed E-state index contributed by atoms with van der Waals surface area (Å²) in [5.41, 5.74) is 2.43. The van der Waals surface area contributed by atoms with Crippen molar-refractivity contribution in [3.63, 3.8) is 0 Å². The van der Waals surface area contributed by atoms with Crippen LogP contribution in [0.2, 0.25) is 0 Å². The van der Waals surface area contributed by atoms with Gasteiger partial charge in [0.1, 0.15) is 0 Å². The molecule has 0 aliphatic heterocycles. The number of carbonyl (C=O) groups excluding carboxylic acids is 2. The number of benzene rings is 1. The second kappa shape index (κ2) is 5.30. The zero-order valence-corrected chi connectivity index (χ0v) is 9.57. The first-order valence-corrected chi connectivity index (χ1v) is 4.88. The van der Waals surface area contributed by atoms with Gasteiger partial charge in [0.2, 0.25) is 6.79 Å². The third-order valence-corrected chi connectivity index (χ3v) is 1.91. The van der Waals surface area contributed by atoms with Crippen LogP contribution in [-0.2, 0) is 14.3 Å². The van der Waals surface area contributed by atoms with Crippen LogP contribution in [0.3, 0.4) is 0 Å². The molecule has 4 nitrogen and oxygen atoms in total. The first kappa shape index (κ1) is 12.2. The summed E-state index contributed by atoms with van der Waals surface area (Å²) < 4.78 is 9.28. The van der Waals surface area contributed by atoms with E-state index in [4.69, 9.17) is 4.74 Å². The number of hydrogen-bond acceptors (Lipinski definition) is 4. The SMILES string of the molecule is CC(=O)OCOC(=O)c1cc(C)cc(C)c1. The molecule has 0 aliphatic carbocycles. The number of aryl methyl sites for hydroxylation is 2. The van der Waals surface area contributed by atoms with Gasteiger partial charge in [0.05, 0.1) is 5.56 Å². The molecule has 4 heteroatoms. The topological polar surface area (TPSA) is 52.6 Å². The third-order valence-electron chi connectivity index (χ3n) is 1.91. The van der Waals surface area contributed by atoms with E-state index < -0.39 is 11.9 Å². The maximum absolute atomic E-state index is 11.5. The van der Waals surface area contributed by atoms with E-state index in [0.29, 0.717) is 5.56 Å². The molecule has 0 saturated carbocycles. The first-order chi connectivity index (χ1) is 7.49. The summed E-state index contributed by atoms with van der Waals surface area (Å²) in [7, 11) is 0. The molecule has 0 radical (unpaired) electrons. The molecule has 0 unspecified atom stereocenters. The van der Waals surface area contributed by atoms with E-state index >= 15 is 0 Å². The fourth-order valence-corrected chi connectivity index (χ4v) is 1.34. The Balaban J connectivity index is 2.62. The summed E-state index contributed by atoms with van der Waals surface area (Å²) in [6.45, 7) is 4.71. The van der Waals surface area contributed by atoms with E-state index in [2.05, 4.69) is 4.74 Å². The molecule has 0 heterocycles. The smallest absolute Gasteiger partial charge is 0.341 e. The molecule has 0 spiro atoms. The molecule has 86 valence electrons. The monoisotopic (exact) mass is 222 g/mol. The van der Waals surface area contributed by atoms with Gasteiger partial charge in [-0.3, -0.25) is 4.79 Å². The van der Waals surface area contributed by atoms with E-state index in [1.807, 2.05) is 19.9 Å². The lowest BCUT2D eigenvalue weighted by Crippen LogP contribution is -2.11. The third kappa shape index (κ3) is 3.73. The largest absolute Gasteiger partial charge is 0.428 e. The van der Waals surface area contributed by atoms with Gasteiger partial charge in [-0.2, -0.15) is 0 Å². The van der Waals surface area contributed by atoms with Gasteiger partial charge in [-0.25, -0.2) is 4.79 Å². The second-order valence-corrected chi connectivity index (χ2v) is 3.56. The van der Waals surface area contributed by atoms with Crippen molar-refractivity contribution in [2.45, 2.75) is 20.8 Å². The van der Waals surface area contributed by atoms with Gasteiger partial charge in [0.15, 0.2) is 0 Å². The van der Waals surface area contributed by atoms with Crippen molar-refractivity contribution < 1.29 is 19.1 Å². The second-order valence-electron chi connectivity index (χ2n) is 3.56. The predicted octanol–water partition coefficient (Wildman–Crippen LogP) is 1.98. The van der Waals surface area contributed by atoms with Gasteiger partial charge in [-0.05, 0) is 26.0 Å². The molecule has 1 aromatic carbocycles. The van der Waals surface area contributed by atoms with Crippen LogP contribution in [0.25, 0.3) is 0 Å². The number of rotatable bonds is 3. The molecular weight excluding hydrogens is 208 g/mol. The molecule has 0 N–H and O–H groups in total. The van der Waals surface area contributed by atoms with Gasteiger partial charge in [-0.15, -0.1) is 0 Å². The average Bonchev–Trinajstić information content (AvgIpc) is 2.15. The first-order valence-electron chi connectivity index (χ1n) is 4.88. The Morgan fingerprint density at radius 3 is 2.12 bits per heavy atom. The normalized spacial score (nSPS) is 9.69. The highest BCUT2D eigenvalue weighted by molar-refractivity contribution is 5.89. The lowest BCUT2D eigenvalue weighted by atomic mass is 10.1. The van der Waals surface area contributed by atoms with Crippen molar-refractivity contribution in [2.24, 2.45) is 0 Å². The highest BCUT2D eigenvalue weighted by Gasteiger charge is 2.08. The van der Waals surface area contributed by atoms with Crippen molar-refractivity contribution in [3.05, 3.63) is 34.9 Å². The minimum Gasteiger partial charge on any atom is -0.428 e. The van der Waals surface area contributed by atoms with Crippen LogP contribution in [0.4, 0.5) is 0 Å². The zero-order chi connectivity index (χ0) is 12.1. The molecule has 1 rings (SSSR count). The van der Waals surface area contributed by atoms with Gasteiger partial charge in [0.25, 0.3) is 0 Å². The van der Waals surface area contributed by atoms with E-state index in [9.17, 15) is 9.59 Å². The van der Waals surface area contributed by atoms with E-state index in [1.165, 1.54) is 6.92 Å². The summed E-state index contributed by atoms with van der Waals surface area (Å²) in [4.78, 5) is 22.0. The number of ether oxygens (including phenoxy) is 2. The Morgan fingerprint density at radius 1 is 1.06 bits per heavy atom. The molecule has 0 fully saturated rings. The highest BCUT2D eigenvalue weighted by atomic mass is 16.7. The van der Waals surface area contributed by atoms with Crippen LogP contribution in [0.1, 0.15) is 28.4 Å². The molecule has 1 aromatic rings. The van der Waals surface area contributed by atoms with E-state index in [-0.39, 0.29) is 6.79 Å². The minimum absolute atomic E-state index is 0.346.